The quantitative estimate of drug-likeness (QED) is 0.852. The fraction of sp³-hybridized carbons (Fsp3) is 0.333. The maximum absolute atomic E-state index is 11.8. The number of amides is 1. The van der Waals surface area contributed by atoms with Gasteiger partial charge in [0, 0.05) is 31.1 Å². The number of carboxylic acids is 1. The van der Waals surface area contributed by atoms with Crippen molar-refractivity contribution in [3.8, 4) is 0 Å². The Morgan fingerprint density at radius 1 is 1.45 bits per heavy atom. The molecule has 0 unspecified atom stereocenters. The number of aromatic nitrogens is 3. The number of hydrogen-bond acceptors (Lipinski definition) is 5. The molecule has 20 heavy (non-hydrogen) atoms. The lowest BCUT2D eigenvalue weighted by atomic mass is 10.3. The van der Waals surface area contributed by atoms with E-state index in [1.807, 2.05) is 6.92 Å². The van der Waals surface area contributed by atoms with Gasteiger partial charge in [-0.3, -0.25) is 9.48 Å². The summed E-state index contributed by atoms with van der Waals surface area (Å²) in [5, 5.41) is 17.7. The van der Waals surface area contributed by atoms with Crippen LogP contribution in [-0.2, 0) is 13.5 Å². The number of thiazole rings is 1. The highest BCUT2D eigenvalue weighted by Gasteiger charge is 2.11. The van der Waals surface area contributed by atoms with Crippen molar-refractivity contribution in [1.29, 1.82) is 0 Å². The number of carboxylic acid groups (broad SMARTS) is 1. The molecule has 2 heterocycles. The molecular weight excluding hydrogens is 280 g/mol. The van der Waals surface area contributed by atoms with Gasteiger partial charge in [0.1, 0.15) is 5.69 Å². The molecule has 2 aromatic heterocycles. The Bertz CT molecular complexity index is 627. The van der Waals surface area contributed by atoms with E-state index in [2.05, 4.69) is 15.4 Å². The molecule has 1 amide bonds. The Morgan fingerprint density at radius 2 is 2.20 bits per heavy atom. The number of aromatic carboxylic acids is 1. The molecule has 0 fully saturated rings. The van der Waals surface area contributed by atoms with Gasteiger partial charge in [0.25, 0.3) is 5.91 Å². The molecule has 2 N–H and O–H groups in total. The highest BCUT2D eigenvalue weighted by molar-refractivity contribution is 7.09. The highest BCUT2D eigenvalue weighted by Crippen LogP contribution is 2.10. The standard InChI is InChI=1S/C12H14N4O3S/c1-7-5-8(15-16(7)2)11(17)13-4-3-10-14-9(6-20-10)12(18)19/h5-6H,3-4H2,1-2H3,(H,13,17)(H,18,19). The van der Waals surface area contributed by atoms with E-state index in [4.69, 9.17) is 5.11 Å². The van der Waals surface area contributed by atoms with Gasteiger partial charge >= 0.3 is 5.97 Å². The summed E-state index contributed by atoms with van der Waals surface area (Å²) in [5.41, 5.74) is 1.31. The molecule has 0 aromatic carbocycles. The lowest BCUT2D eigenvalue weighted by molar-refractivity contribution is 0.0690. The Labute approximate surface area is 119 Å². The smallest absolute Gasteiger partial charge is 0.355 e. The monoisotopic (exact) mass is 294 g/mol. The van der Waals surface area contributed by atoms with E-state index >= 15 is 0 Å². The first kappa shape index (κ1) is 14.2. The first-order chi connectivity index (χ1) is 9.47. The van der Waals surface area contributed by atoms with Gasteiger partial charge in [-0.1, -0.05) is 0 Å². The summed E-state index contributed by atoms with van der Waals surface area (Å²) >= 11 is 1.27. The predicted octanol–water partition coefficient (Wildman–Crippen LogP) is 0.856. The molecule has 0 spiro atoms. The lowest BCUT2D eigenvalue weighted by Crippen LogP contribution is -2.26. The largest absolute Gasteiger partial charge is 0.476 e. The normalized spacial score (nSPS) is 10.5. The van der Waals surface area contributed by atoms with Crippen LogP contribution >= 0.6 is 11.3 Å². The third kappa shape index (κ3) is 3.21. The number of aryl methyl sites for hydroxylation is 2. The summed E-state index contributed by atoms with van der Waals surface area (Å²) < 4.78 is 1.63. The van der Waals surface area contributed by atoms with E-state index in [-0.39, 0.29) is 11.6 Å². The van der Waals surface area contributed by atoms with E-state index in [0.717, 1.165) is 5.69 Å². The molecule has 0 aliphatic rings. The number of rotatable bonds is 5. The van der Waals surface area contributed by atoms with Crippen LogP contribution in [0.3, 0.4) is 0 Å². The lowest BCUT2D eigenvalue weighted by Gasteiger charge is -2.00. The van der Waals surface area contributed by atoms with Crippen LogP contribution in [0.4, 0.5) is 0 Å². The number of nitrogens with one attached hydrogen (secondary N) is 1. The summed E-state index contributed by atoms with van der Waals surface area (Å²) in [4.78, 5) is 26.4. The van der Waals surface area contributed by atoms with Crippen molar-refractivity contribution in [2.75, 3.05) is 6.54 Å². The van der Waals surface area contributed by atoms with Crippen molar-refractivity contribution in [3.63, 3.8) is 0 Å². The fourth-order valence-corrected chi connectivity index (χ4v) is 2.34. The van der Waals surface area contributed by atoms with Gasteiger partial charge in [0.05, 0.1) is 5.01 Å². The Hall–Kier alpha value is -2.22. The zero-order chi connectivity index (χ0) is 14.7. The average molecular weight is 294 g/mol. The molecular formula is C12H14N4O3S. The van der Waals surface area contributed by atoms with Gasteiger partial charge in [-0.25, -0.2) is 9.78 Å². The van der Waals surface area contributed by atoms with Crippen LogP contribution in [0.25, 0.3) is 0 Å². The second kappa shape index (κ2) is 5.83. The molecule has 2 aromatic rings. The molecule has 0 aliphatic heterocycles. The molecule has 8 heteroatoms. The summed E-state index contributed by atoms with van der Waals surface area (Å²) in [6, 6.07) is 1.71. The SMILES string of the molecule is Cc1cc(C(=O)NCCc2nc(C(=O)O)cs2)nn1C. The van der Waals surface area contributed by atoms with E-state index in [0.29, 0.717) is 23.7 Å². The molecule has 2 rings (SSSR count). The second-order valence-electron chi connectivity index (χ2n) is 4.23. The summed E-state index contributed by atoms with van der Waals surface area (Å²) in [6.45, 7) is 2.26. The number of nitrogens with zero attached hydrogens (tertiary/aromatic N) is 3. The van der Waals surface area contributed by atoms with Crippen molar-refractivity contribution in [1.82, 2.24) is 20.1 Å². The molecule has 0 saturated carbocycles. The first-order valence-electron chi connectivity index (χ1n) is 5.94. The summed E-state index contributed by atoms with van der Waals surface area (Å²) in [7, 11) is 1.77. The second-order valence-corrected chi connectivity index (χ2v) is 5.17. The van der Waals surface area contributed by atoms with Crippen molar-refractivity contribution in [2.24, 2.45) is 7.05 Å². The maximum atomic E-state index is 11.8. The Balaban J connectivity index is 1.86. The zero-order valence-electron chi connectivity index (χ0n) is 11.1. The van der Waals surface area contributed by atoms with Crippen molar-refractivity contribution < 1.29 is 14.7 Å². The van der Waals surface area contributed by atoms with Gasteiger partial charge < -0.3 is 10.4 Å². The molecule has 0 atom stereocenters. The number of hydrogen-bond donors (Lipinski definition) is 2. The molecule has 0 saturated heterocycles. The van der Waals surface area contributed by atoms with Crippen LogP contribution in [0.15, 0.2) is 11.4 Å². The van der Waals surface area contributed by atoms with Crippen LogP contribution < -0.4 is 5.32 Å². The molecule has 106 valence electrons. The Kier molecular flexibility index (Phi) is 4.14. The first-order valence-corrected chi connectivity index (χ1v) is 6.82. The van der Waals surface area contributed by atoms with E-state index < -0.39 is 5.97 Å². The highest BCUT2D eigenvalue weighted by atomic mass is 32.1. The number of carbonyl (C=O) groups is 2. The van der Waals surface area contributed by atoms with Crippen LogP contribution in [0, 0.1) is 6.92 Å². The minimum Gasteiger partial charge on any atom is -0.476 e. The van der Waals surface area contributed by atoms with Crippen molar-refractivity contribution in [3.05, 3.63) is 33.5 Å². The topological polar surface area (TPSA) is 97.1 Å². The van der Waals surface area contributed by atoms with Gasteiger partial charge in [-0.15, -0.1) is 11.3 Å². The number of carbonyl (C=O) groups excluding carboxylic acids is 1. The van der Waals surface area contributed by atoms with Crippen LogP contribution in [0.2, 0.25) is 0 Å². The van der Waals surface area contributed by atoms with E-state index in [1.54, 1.807) is 17.8 Å². The molecule has 0 radical (unpaired) electrons. The third-order valence-corrected chi connectivity index (χ3v) is 3.65. The van der Waals surface area contributed by atoms with Crippen molar-refractivity contribution in [2.45, 2.75) is 13.3 Å². The molecule has 0 bridgehead atoms. The van der Waals surface area contributed by atoms with Crippen molar-refractivity contribution >= 4 is 23.2 Å². The summed E-state index contributed by atoms with van der Waals surface area (Å²) in [5.74, 6) is -1.29. The summed E-state index contributed by atoms with van der Waals surface area (Å²) in [6.07, 6.45) is 0.496. The maximum Gasteiger partial charge on any atom is 0.355 e. The molecule has 7 nitrogen and oxygen atoms in total. The molecule has 0 aliphatic carbocycles. The van der Waals surface area contributed by atoms with Gasteiger partial charge in [-0.05, 0) is 13.0 Å². The zero-order valence-corrected chi connectivity index (χ0v) is 11.9. The Morgan fingerprint density at radius 3 is 2.75 bits per heavy atom. The van der Waals surface area contributed by atoms with Gasteiger partial charge in [-0.2, -0.15) is 5.10 Å². The van der Waals surface area contributed by atoms with Gasteiger partial charge in [0.2, 0.25) is 0 Å². The van der Waals surface area contributed by atoms with E-state index in [1.165, 1.54) is 16.7 Å². The van der Waals surface area contributed by atoms with E-state index in [9.17, 15) is 9.59 Å². The third-order valence-electron chi connectivity index (χ3n) is 2.74. The minimum absolute atomic E-state index is 0.0386. The van der Waals surface area contributed by atoms with Gasteiger partial charge in [0.15, 0.2) is 5.69 Å². The van der Waals surface area contributed by atoms with Crippen LogP contribution in [0.1, 0.15) is 31.7 Å². The van der Waals surface area contributed by atoms with Crippen LogP contribution in [-0.4, -0.2) is 38.3 Å². The predicted molar refractivity (Wildman–Crippen MR) is 73.1 cm³/mol. The average Bonchev–Trinajstić information content (AvgIpc) is 2.98. The van der Waals surface area contributed by atoms with Crippen LogP contribution in [0.5, 0.6) is 0 Å². The minimum atomic E-state index is -1.04. The fourth-order valence-electron chi connectivity index (χ4n) is 1.57.